The first kappa shape index (κ1) is 13.6. The third-order valence-electron chi connectivity index (χ3n) is 3.05. The molecule has 0 saturated carbocycles. The molecule has 1 aromatic carbocycles. The van der Waals surface area contributed by atoms with Gasteiger partial charge in [-0.3, -0.25) is 9.59 Å². The van der Waals surface area contributed by atoms with Gasteiger partial charge in [0.15, 0.2) is 0 Å². The van der Waals surface area contributed by atoms with Gasteiger partial charge in [0.2, 0.25) is 5.91 Å². The molecule has 0 aromatic heterocycles. The molecule has 0 atom stereocenters. The molecule has 1 amide bonds. The van der Waals surface area contributed by atoms with Crippen LogP contribution in [0.2, 0.25) is 0 Å². The predicted octanol–water partition coefficient (Wildman–Crippen LogP) is 2.57. The average molecular weight is 271 g/mol. The van der Waals surface area contributed by atoms with Gasteiger partial charge in [0.05, 0.1) is 12.0 Å². The van der Waals surface area contributed by atoms with Crippen molar-refractivity contribution in [1.29, 1.82) is 0 Å². The van der Waals surface area contributed by atoms with E-state index in [0.717, 1.165) is 12.1 Å². The number of amides is 1. The lowest BCUT2D eigenvalue weighted by atomic mass is 10.0. The van der Waals surface area contributed by atoms with Crippen molar-refractivity contribution in [2.24, 2.45) is 0 Å². The second kappa shape index (κ2) is 4.68. The number of Topliss-reactive ketones (excluding diaryl/α,β-unsaturated/α-hetero) is 1. The summed E-state index contributed by atoms with van der Waals surface area (Å²) in [6.45, 7) is 2.04. The number of benzene rings is 1. The molecular formula is C13H12F3NO2. The van der Waals surface area contributed by atoms with E-state index in [1.807, 2.05) is 0 Å². The number of halogens is 3. The second-order valence-electron chi connectivity index (χ2n) is 4.37. The number of anilines is 1. The molecule has 0 radical (unpaired) electrons. The smallest absolute Gasteiger partial charge is 0.312 e. The molecule has 6 heteroatoms. The first-order chi connectivity index (χ1) is 8.82. The minimum atomic E-state index is -4.45. The van der Waals surface area contributed by atoms with Gasteiger partial charge in [0.1, 0.15) is 5.78 Å². The Kier molecular flexibility index (Phi) is 3.34. The van der Waals surface area contributed by atoms with Gasteiger partial charge >= 0.3 is 6.18 Å². The quantitative estimate of drug-likeness (QED) is 0.736. The van der Waals surface area contributed by atoms with E-state index in [1.165, 1.54) is 11.0 Å². The minimum Gasteiger partial charge on any atom is -0.312 e. The summed E-state index contributed by atoms with van der Waals surface area (Å²) >= 11 is 0. The molecule has 19 heavy (non-hydrogen) atoms. The van der Waals surface area contributed by atoms with E-state index >= 15 is 0 Å². The summed E-state index contributed by atoms with van der Waals surface area (Å²) in [5, 5.41) is 0. The predicted molar refractivity (Wildman–Crippen MR) is 62.8 cm³/mol. The molecule has 0 bridgehead atoms. The van der Waals surface area contributed by atoms with Crippen LogP contribution in [0.15, 0.2) is 18.2 Å². The van der Waals surface area contributed by atoms with Crippen LogP contribution in [0.4, 0.5) is 18.9 Å². The first-order valence-corrected chi connectivity index (χ1v) is 5.85. The highest BCUT2D eigenvalue weighted by atomic mass is 19.4. The van der Waals surface area contributed by atoms with E-state index in [9.17, 15) is 22.8 Å². The Bertz CT molecular complexity index is 537. The van der Waals surface area contributed by atoms with Crippen molar-refractivity contribution in [1.82, 2.24) is 0 Å². The SMILES string of the molecule is CCN1C(=O)CC(=O)Cc2cc(C(F)(F)F)ccc21. The Morgan fingerprint density at radius 1 is 1.21 bits per heavy atom. The standard InChI is InChI=1S/C13H12F3NO2/c1-2-17-11-4-3-9(13(14,15)16)5-8(11)6-10(18)7-12(17)19/h3-5H,2,6-7H2,1H3. The molecular weight excluding hydrogens is 259 g/mol. The van der Waals surface area contributed by atoms with Gasteiger partial charge in [0.25, 0.3) is 0 Å². The van der Waals surface area contributed by atoms with Crippen LogP contribution in [0.3, 0.4) is 0 Å². The van der Waals surface area contributed by atoms with Gasteiger partial charge in [-0.1, -0.05) is 0 Å². The molecule has 0 spiro atoms. The lowest BCUT2D eigenvalue weighted by Gasteiger charge is -2.21. The fraction of sp³-hybridized carbons (Fsp3) is 0.385. The highest BCUT2D eigenvalue weighted by Gasteiger charge is 2.33. The lowest BCUT2D eigenvalue weighted by Crippen LogP contribution is -2.30. The normalized spacial score (nSPS) is 16.3. The van der Waals surface area contributed by atoms with Crippen molar-refractivity contribution >= 4 is 17.4 Å². The number of nitrogens with zero attached hydrogens (tertiary/aromatic N) is 1. The van der Waals surface area contributed by atoms with Crippen LogP contribution < -0.4 is 4.90 Å². The van der Waals surface area contributed by atoms with Crippen LogP contribution in [0.25, 0.3) is 0 Å². The molecule has 3 nitrogen and oxygen atoms in total. The zero-order valence-electron chi connectivity index (χ0n) is 10.3. The third-order valence-corrected chi connectivity index (χ3v) is 3.05. The first-order valence-electron chi connectivity index (χ1n) is 5.85. The molecule has 0 saturated heterocycles. The summed E-state index contributed by atoms with van der Waals surface area (Å²) in [4.78, 5) is 24.7. The maximum absolute atomic E-state index is 12.6. The molecule has 2 rings (SSSR count). The number of fused-ring (bicyclic) bond motifs is 1. The van der Waals surface area contributed by atoms with Crippen LogP contribution in [-0.2, 0) is 22.2 Å². The summed E-state index contributed by atoms with van der Waals surface area (Å²) in [5.41, 5.74) is -0.150. The third kappa shape index (κ3) is 2.62. The molecule has 1 aliphatic heterocycles. The van der Waals surface area contributed by atoms with Gasteiger partial charge in [-0.05, 0) is 30.7 Å². The van der Waals surface area contributed by atoms with E-state index in [-0.39, 0.29) is 30.1 Å². The number of rotatable bonds is 1. The lowest BCUT2D eigenvalue weighted by molar-refractivity contribution is -0.137. The van der Waals surface area contributed by atoms with Gasteiger partial charge in [-0.25, -0.2) is 0 Å². The van der Waals surface area contributed by atoms with E-state index in [2.05, 4.69) is 0 Å². The number of carbonyl (C=O) groups excluding carboxylic acids is 2. The topological polar surface area (TPSA) is 37.4 Å². The second-order valence-corrected chi connectivity index (χ2v) is 4.37. The van der Waals surface area contributed by atoms with Gasteiger partial charge in [0, 0.05) is 18.7 Å². The van der Waals surface area contributed by atoms with E-state index in [0.29, 0.717) is 12.2 Å². The number of alkyl halides is 3. The maximum atomic E-state index is 12.6. The van der Waals surface area contributed by atoms with E-state index in [4.69, 9.17) is 0 Å². The van der Waals surface area contributed by atoms with Crippen LogP contribution >= 0.6 is 0 Å². The monoisotopic (exact) mass is 271 g/mol. The van der Waals surface area contributed by atoms with Crippen molar-refractivity contribution in [2.75, 3.05) is 11.4 Å². The Labute approximate surface area is 108 Å². The minimum absolute atomic E-state index is 0.137. The van der Waals surface area contributed by atoms with Gasteiger partial charge in [-0.2, -0.15) is 13.2 Å². The van der Waals surface area contributed by atoms with E-state index < -0.39 is 11.7 Å². The van der Waals surface area contributed by atoms with Crippen LogP contribution in [-0.4, -0.2) is 18.2 Å². The van der Waals surface area contributed by atoms with Crippen molar-refractivity contribution in [3.63, 3.8) is 0 Å². The maximum Gasteiger partial charge on any atom is 0.416 e. The Hall–Kier alpha value is -1.85. The summed E-state index contributed by atoms with van der Waals surface area (Å²) in [6, 6.07) is 3.15. The fourth-order valence-corrected chi connectivity index (χ4v) is 2.19. The summed E-state index contributed by atoms with van der Waals surface area (Å²) in [5.74, 6) is -0.729. The largest absolute Gasteiger partial charge is 0.416 e. The number of ketones is 1. The molecule has 0 fully saturated rings. The molecule has 102 valence electrons. The van der Waals surface area contributed by atoms with Crippen LogP contribution in [0, 0.1) is 0 Å². The van der Waals surface area contributed by atoms with Gasteiger partial charge in [-0.15, -0.1) is 0 Å². The molecule has 0 N–H and O–H groups in total. The van der Waals surface area contributed by atoms with Crippen LogP contribution in [0.1, 0.15) is 24.5 Å². The number of hydrogen-bond donors (Lipinski definition) is 0. The number of carbonyl (C=O) groups is 2. The highest BCUT2D eigenvalue weighted by Crippen LogP contribution is 2.34. The Morgan fingerprint density at radius 2 is 1.89 bits per heavy atom. The van der Waals surface area contributed by atoms with E-state index in [1.54, 1.807) is 6.92 Å². The molecule has 1 aromatic rings. The average Bonchev–Trinajstić information content (AvgIpc) is 2.41. The van der Waals surface area contributed by atoms with Crippen molar-refractivity contribution in [3.05, 3.63) is 29.3 Å². The number of hydrogen-bond acceptors (Lipinski definition) is 2. The summed E-state index contributed by atoms with van der Waals surface area (Å²) in [7, 11) is 0. The van der Waals surface area contributed by atoms with Crippen molar-refractivity contribution < 1.29 is 22.8 Å². The zero-order valence-corrected chi connectivity index (χ0v) is 10.3. The highest BCUT2D eigenvalue weighted by molar-refractivity contribution is 6.09. The van der Waals surface area contributed by atoms with Crippen molar-refractivity contribution in [3.8, 4) is 0 Å². The molecule has 0 unspecified atom stereocenters. The van der Waals surface area contributed by atoms with Crippen molar-refractivity contribution in [2.45, 2.75) is 25.9 Å². The Balaban J connectivity index is 2.54. The Morgan fingerprint density at radius 3 is 2.47 bits per heavy atom. The summed E-state index contributed by atoms with van der Waals surface area (Å²) in [6.07, 6.45) is -4.85. The van der Waals surface area contributed by atoms with Crippen LogP contribution in [0.5, 0.6) is 0 Å². The van der Waals surface area contributed by atoms with Gasteiger partial charge < -0.3 is 4.90 Å². The zero-order chi connectivity index (χ0) is 14.2. The molecule has 1 aliphatic rings. The summed E-state index contributed by atoms with van der Waals surface area (Å²) < 4.78 is 37.9. The molecule has 1 heterocycles. The molecule has 0 aliphatic carbocycles. The fourth-order valence-electron chi connectivity index (χ4n) is 2.19.